The molecule has 0 radical (unpaired) electrons. The molecule has 1 aromatic rings. The first-order valence-electron chi connectivity index (χ1n) is 6.96. The van der Waals surface area contributed by atoms with Gasteiger partial charge < -0.3 is 10.6 Å². The SMILES string of the molecule is CN=C(NCCc1csc(C)n1)NCC(C)(C)NS(C)(=O)=O. The topological polar surface area (TPSA) is 95.5 Å². The minimum atomic E-state index is -3.24. The normalized spacial score (nSPS) is 13.2. The van der Waals surface area contributed by atoms with Crippen molar-refractivity contribution in [3.63, 3.8) is 0 Å². The van der Waals surface area contributed by atoms with Crippen LogP contribution in [0.1, 0.15) is 24.5 Å². The van der Waals surface area contributed by atoms with Crippen molar-refractivity contribution in [1.29, 1.82) is 0 Å². The predicted octanol–water partition coefficient (Wildman–Crippen LogP) is 0.487. The molecule has 1 aromatic heterocycles. The molecular formula is C13H25N5O2S2. The minimum absolute atomic E-state index is 0.426. The van der Waals surface area contributed by atoms with Crippen LogP contribution in [0.2, 0.25) is 0 Å². The van der Waals surface area contributed by atoms with E-state index in [-0.39, 0.29) is 0 Å². The number of rotatable bonds is 7. The predicted molar refractivity (Wildman–Crippen MR) is 92.0 cm³/mol. The monoisotopic (exact) mass is 347 g/mol. The Bertz CT molecular complexity index is 608. The lowest BCUT2D eigenvalue weighted by Gasteiger charge is -2.26. The molecule has 0 fully saturated rings. The molecule has 0 bridgehead atoms. The number of hydrogen-bond donors (Lipinski definition) is 3. The average Bonchev–Trinajstić information content (AvgIpc) is 2.76. The number of hydrogen-bond acceptors (Lipinski definition) is 5. The molecule has 0 saturated carbocycles. The second kappa shape index (κ2) is 7.89. The van der Waals surface area contributed by atoms with Gasteiger partial charge in [-0.25, -0.2) is 18.1 Å². The van der Waals surface area contributed by atoms with Gasteiger partial charge in [-0.3, -0.25) is 4.99 Å². The molecular weight excluding hydrogens is 322 g/mol. The summed E-state index contributed by atoms with van der Waals surface area (Å²) in [5.74, 6) is 0.635. The van der Waals surface area contributed by atoms with Crippen molar-refractivity contribution in [2.75, 3.05) is 26.4 Å². The van der Waals surface area contributed by atoms with Crippen LogP contribution in [0.5, 0.6) is 0 Å². The minimum Gasteiger partial charge on any atom is -0.356 e. The van der Waals surface area contributed by atoms with E-state index in [1.54, 1.807) is 18.4 Å². The molecule has 0 unspecified atom stereocenters. The van der Waals surface area contributed by atoms with Gasteiger partial charge in [0.05, 0.1) is 17.0 Å². The van der Waals surface area contributed by atoms with Crippen LogP contribution in [0, 0.1) is 6.92 Å². The number of sulfonamides is 1. The van der Waals surface area contributed by atoms with E-state index >= 15 is 0 Å². The quantitative estimate of drug-likeness (QED) is 0.493. The fourth-order valence-corrected chi connectivity index (χ4v) is 3.62. The summed E-state index contributed by atoms with van der Waals surface area (Å²) >= 11 is 1.64. The summed E-state index contributed by atoms with van der Waals surface area (Å²) in [6.07, 6.45) is 1.97. The van der Waals surface area contributed by atoms with Gasteiger partial charge in [0, 0.05) is 37.5 Å². The van der Waals surface area contributed by atoms with Gasteiger partial charge in [-0.15, -0.1) is 11.3 Å². The molecule has 126 valence electrons. The zero-order valence-electron chi connectivity index (χ0n) is 13.7. The third kappa shape index (κ3) is 7.71. The largest absolute Gasteiger partial charge is 0.356 e. The van der Waals surface area contributed by atoms with Crippen LogP contribution in [-0.2, 0) is 16.4 Å². The summed E-state index contributed by atoms with van der Waals surface area (Å²) in [6.45, 7) is 6.75. The summed E-state index contributed by atoms with van der Waals surface area (Å²) in [6, 6.07) is 0. The Kier molecular flexibility index (Phi) is 6.76. The van der Waals surface area contributed by atoms with Gasteiger partial charge in [-0.2, -0.15) is 0 Å². The van der Waals surface area contributed by atoms with Crippen LogP contribution >= 0.6 is 11.3 Å². The summed E-state index contributed by atoms with van der Waals surface area (Å²) in [7, 11) is -1.56. The number of nitrogens with zero attached hydrogens (tertiary/aromatic N) is 2. The third-order valence-corrected chi connectivity index (χ3v) is 4.47. The Morgan fingerprint density at radius 1 is 1.41 bits per heavy atom. The van der Waals surface area contributed by atoms with Crippen molar-refractivity contribution in [3.05, 3.63) is 16.1 Å². The molecule has 9 heteroatoms. The van der Waals surface area contributed by atoms with E-state index in [2.05, 4.69) is 25.3 Å². The summed E-state index contributed by atoms with van der Waals surface area (Å²) in [5, 5.41) is 9.42. The van der Waals surface area contributed by atoms with E-state index in [4.69, 9.17) is 0 Å². The van der Waals surface area contributed by atoms with Crippen LogP contribution < -0.4 is 15.4 Å². The van der Waals surface area contributed by atoms with Gasteiger partial charge in [0.15, 0.2) is 5.96 Å². The fourth-order valence-electron chi connectivity index (χ4n) is 1.90. The van der Waals surface area contributed by atoms with Crippen molar-refractivity contribution in [1.82, 2.24) is 20.3 Å². The van der Waals surface area contributed by atoms with E-state index in [1.807, 2.05) is 26.2 Å². The smallest absolute Gasteiger partial charge is 0.209 e. The van der Waals surface area contributed by atoms with E-state index < -0.39 is 15.6 Å². The Balaban J connectivity index is 2.39. The number of thiazole rings is 1. The van der Waals surface area contributed by atoms with Gasteiger partial charge >= 0.3 is 0 Å². The van der Waals surface area contributed by atoms with Crippen molar-refractivity contribution in [2.45, 2.75) is 32.7 Å². The maximum absolute atomic E-state index is 11.3. The molecule has 0 aliphatic carbocycles. The van der Waals surface area contributed by atoms with Gasteiger partial charge in [-0.1, -0.05) is 0 Å². The second-order valence-corrected chi connectivity index (χ2v) is 8.53. The molecule has 1 rings (SSSR count). The van der Waals surface area contributed by atoms with Gasteiger partial charge in [0.1, 0.15) is 0 Å². The Morgan fingerprint density at radius 3 is 2.59 bits per heavy atom. The molecule has 1 heterocycles. The van der Waals surface area contributed by atoms with E-state index in [0.717, 1.165) is 23.4 Å². The zero-order chi connectivity index (χ0) is 16.8. The van der Waals surface area contributed by atoms with Crippen LogP contribution in [0.4, 0.5) is 0 Å². The van der Waals surface area contributed by atoms with Crippen molar-refractivity contribution in [3.8, 4) is 0 Å². The first-order chi connectivity index (χ1) is 10.1. The first-order valence-corrected chi connectivity index (χ1v) is 9.73. The lowest BCUT2D eigenvalue weighted by Crippen LogP contribution is -2.53. The Hall–Kier alpha value is -1.19. The zero-order valence-corrected chi connectivity index (χ0v) is 15.4. The molecule has 0 atom stereocenters. The van der Waals surface area contributed by atoms with Crippen LogP contribution in [0.15, 0.2) is 10.4 Å². The van der Waals surface area contributed by atoms with E-state index in [9.17, 15) is 8.42 Å². The van der Waals surface area contributed by atoms with Crippen molar-refractivity contribution < 1.29 is 8.42 Å². The number of nitrogens with one attached hydrogen (secondary N) is 3. The second-order valence-electron chi connectivity index (χ2n) is 5.72. The maximum atomic E-state index is 11.3. The van der Waals surface area contributed by atoms with Crippen LogP contribution in [0.25, 0.3) is 0 Å². The number of aryl methyl sites for hydroxylation is 1. The average molecular weight is 348 g/mol. The van der Waals surface area contributed by atoms with Crippen molar-refractivity contribution >= 4 is 27.3 Å². The van der Waals surface area contributed by atoms with Crippen molar-refractivity contribution in [2.24, 2.45) is 4.99 Å². The number of guanidine groups is 1. The highest BCUT2D eigenvalue weighted by atomic mass is 32.2. The van der Waals surface area contributed by atoms with Gasteiger partial charge in [-0.05, 0) is 20.8 Å². The summed E-state index contributed by atoms with van der Waals surface area (Å²) in [5.41, 5.74) is 0.460. The van der Waals surface area contributed by atoms with Gasteiger partial charge in [0.2, 0.25) is 10.0 Å². The highest BCUT2D eigenvalue weighted by Gasteiger charge is 2.22. The summed E-state index contributed by atoms with van der Waals surface area (Å²) in [4.78, 5) is 8.52. The van der Waals surface area contributed by atoms with Crippen LogP contribution in [0.3, 0.4) is 0 Å². The number of aromatic nitrogens is 1. The molecule has 0 aliphatic rings. The third-order valence-electron chi connectivity index (χ3n) is 2.72. The molecule has 0 aromatic carbocycles. The van der Waals surface area contributed by atoms with E-state index in [0.29, 0.717) is 19.0 Å². The standard InChI is InChI=1S/C13H25N5O2S2/c1-10-17-11(8-21-10)6-7-15-12(14-4)16-9-13(2,3)18-22(5,19)20/h8,18H,6-7,9H2,1-5H3,(H2,14,15,16). The lowest BCUT2D eigenvalue weighted by molar-refractivity contribution is 0.446. The first kappa shape index (κ1) is 18.9. The van der Waals surface area contributed by atoms with Gasteiger partial charge in [0.25, 0.3) is 0 Å². The molecule has 7 nitrogen and oxygen atoms in total. The molecule has 3 N–H and O–H groups in total. The molecule has 0 spiro atoms. The Morgan fingerprint density at radius 2 is 2.09 bits per heavy atom. The number of aliphatic imine (C=N–C) groups is 1. The van der Waals surface area contributed by atoms with Crippen LogP contribution in [-0.4, -0.2) is 51.3 Å². The summed E-state index contributed by atoms with van der Waals surface area (Å²) < 4.78 is 25.2. The highest BCUT2D eigenvalue weighted by molar-refractivity contribution is 7.88. The molecule has 0 saturated heterocycles. The molecule has 0 aliphatic heterocycles. The fraction of sp³-hybridized carbons (Fsp3) is 0.692. The Labute approximate surface area is 136 Å². The lowest BCUT2D eigenvalue weighted by atomic mass is 10.1. The highest BCUT2D eigenvalue weighted by Crippen LogP contribution is 2.07. The maximum Gasteiger partial charge on any atom is 0.209 e. The molecule has 0 amide bonds. The molecule has 22 heavy (non-hydrogen) atoms. The van der Waals surface area contributed by atoms with E-state index in [1.165, 1.54) is 0 Å².